The molecule has 1 aromatic heterocycles. The summed E-state index contributed by atoms with van der Waals surface area (Å²) in [6.07, 6.45) is 6.37. The standard InChI is InChI=1S/C19H20FN3O2/c1-14(2)23(19(25)10-5-15-4-3-11-21-12-15)13-18(24)22-17-8-6-16(20)7-9-17/h3-12,14H,13H2,1-2H3,(H,22,24). The van der Waals surface area contributed by atoms with Crippen LogP contribution in [0.2, 0.25) is 0 Å². The highest BCUT2D eigenvalue weighted by atomic mass is 19.1. The predicted octanol–water partition coefficient (Wildman–Crippen LogP) is 3.11. The summed E-state index contributed by atoms with van der Waals surface area (Å²) in [5.41, 5.74) is 1.28. The topological polar surface area (TPSA) is 62.3 Å². The number of aromatic nitrogens is 1. The van der Waals surface area contributed by atoms with E-state index in [1.807, 2.05) is 19.9 Å². The van der Waals surface area contributed by atoms with Gasteiger partial charge >= 0.3 is 0 Å². The molecule has 130 valence electrons. The van der Waals surface area contributed by atoms with Crippen molar-refractivity contribution in [3.63, 3.8) is 0 Å². The van der Waals surface area contributed by atoms with E-state index < -0.39 is 0 Å². The Labute approximate surface area is 146 Å². The van der Waals surface area contributed by atoms with Crippen molar-refractivity contribution >= 4 is 23.6 Å². The minimum atomic E-state index is -0.377. The van der Waals surface area contributed by atoms with Gasteiger partial charge in [0.1, 0.15) is 12.4 Å². The maximum absolute atomic E-state index is 12.9. The fraction of sp³-hybridized carbons (Fsp3) is 0.211. The number of hydrogen-bond acceptors (Lipinski definition) is 3. The van der Waals surface area contributed by atoms with Gasteiger partial charge in [0.25, 0.3) is 0 Å². The number of halogens is 1. The van der Waals surface area contributed by atoms with E-state index in [9.17, 15) is 14.0 Å². The van der Waals surface area contributed by atoms with Crippen molar-refractivity contribution in [1.82, 2.24) is 9.88 Å². The SMILES string of the molecule is CC(C)N(CC(=O)Nc1ccc(F)cc1)C(=O)C=Cc1cccnc1. The van der Waals surface area contributed by atoms with Crippen molar-refractivity contribution in [3.8, 4) is 0 Å². The Morgan fingerprint density at radius 1 is 1.24 bits per heavy atom. The van der Waals surface area contributed by atoms with Gasteiger partial charge < -0.3 is 10.2 Å². The molecule has 0 fully saturated rings. The van der Waals surface area contributed by atoms with Crippen molar-refractivity contribution in [2.24, 2.45) is 0 Å². The fourth-order valence-electron chi connectivity index (χ4n) is 2.14. The van der Waals surface area contributed by atoms with Crippen LogP contribution in [0.3, 0.4) is 0 Å². The molecule has 0 bridgehead atoms. The van der Waals surface area contributed by atoms with Gasteiger partial charge in [-0.15, -0.1) is 0 Å². The Balaban J connectivity index is 1.99. The molecule has 1 aromatic carbocycles. The summed E-state index contributed by atoms with van der Waals surface area (Å²) in [5, 5.41) is 2.65. The Morgan fingerprint density at radius 2 is 1.96 bits per heavy atom. The number of amides is 2. The molecule has 2 aromatic rings. The highest BCUT2D eigenvalue weighted by Crippen LogP contribution is 2.09. The Bertz CT molecular complexity index is 743. The fourth-order valence-corrected chi connectivity index (χ4v) is 2.14. The van der Waals surface area contributed by atoms with Gasteiger partial charge in [-0.2, -0.15) is 0 Å². The third-order valence-corrected chi connectivity index (χ3v) is 3.45. The van der Waals surface area contributed by atoms with Crippen LogP contribution >= 0.6 is 0 Å². The van der Waals surface area contributed by atoms with Gasteiger partial charge in [-0.3, -0.25) is 14.6 Å². The zero-order valence-corrected chi connectivity index (χ0v) is 14.1. The second kappa shape index (κ2) is 8.73. The Kier molecular flexibility index (Phi) is 6.39. The number of rotatable bonds is 6. The van der Waals surface area contributed by atoms with E-state index in [1.165, 1.54) is 35.2 Å². The number of pyridine rings is 1. The highest BCUT2D eigenvalue weighted by Gasteiger charge is 2.18. The largest absolute Gasteiger partial charge is 0.327 e. The van der Waals surface area contributed by atoms with Crippen LogP contribution in [0.4, 0.5) is 10.1 Å². The summed E-state index contributed by atoms with van der Waals surface area (Å²) in [6, 6.07) is 8.92. The van der Waals surface area contributed by atoms with Crippen LogP contribution in [0.15, 0.2) is 54.9 Å². The van der Waals surface area contributed by atoms with Crippen molar-refractivity contribution in [3.05, 3.63) is 66.2 Å². The van der Waals surface area contributed by atoms with Crippen LogP contribution < -0.4 is 5.32 Å². The van der Waals surface area contributed by atoms with Crippen LogP contribution in [0.5, 0.6) is 0 Å². The normalized spacial score (nSPS) is 10.9. The van der Waals surface area contributed by atoms with Gasteiger partial charge in [-0.25, -0.2) is 4.39 Å². The number of carbonyl (C=O) groups is 2. The van der Waals surface area contributed by atoms with Gasteiger partial charge in [-0.05, 0) is 55.8 Å². The van der Waals surface area contributed by atoms with E-state index in [2.05, 4.69) is 10.3 Å². The minimum Gasteiger partial charge on any atom is -0.327 e. The number of benzene rings is 1. The molecule has 25 heavy (non-hydrogen) atoms. The summed E-state index contributed by atoms with van der Waals surface area (Å²) in [7, 11) is 0. The summed E-state index contributed by atoms with van der Waals surface area (Å²) >= 11 is 0. The first-order valence-electron chi connectivity index (χ1n) is 7.90. The third-order valence-electron chi connectivity index (χ3n) is 3.45. The summed E-state index contributed by atoms with van der Waals surface area (Å²) in [5.74, 6) is -0.992. The summed E-state index contributed by atoms with van der Waals surface area (Å²) in [6.45, 7) is 3.58. The molecule has 0 aliphatic carbocycles. The smallest absolute Gasteiger partial charge is 0.247 e. The molecule has 0 atom stereocenters. The second-order valence-electron chi connectivity index (χ2n) is 5.73. The molecule has 6 heteroatoms. The molecule has 2 amide bonds. The zero-order chi connectivity index (χ0) is 18.2. The maximum atomic E-state index is 12.9. The molecule has 0 saturated carbocycles. The van der Waals surface area contributed by atoms with Crippen LogP contribution in [-0.4, -0.2) is 34.3 Å². The molecule has 0 spiro atoms. The zero-order valence-electron chi connectivity index (χ0n) is 14.1. The Morgan fingerprint density at radius 3 is 2.56 bits per heavy atom. The lowest BCUT2D eigenvalue weighted by atomic mass is 10.2. The Hall–Kier alpha value is -3.02. The van der Waals surface area contributed by atoms with Gasteiger partial charge in [0.2, 0.25) is 11.8 Å². The average Bonchev–Trinajstić information content (AvgIpc) is 2.60. The first kappa shape index (κ1) is 18.3. The molecule has 0 unspecified atom stereocenters. The van der Waals surface area contributed by atoms with Crippen LogP contribution in [0.1, 0.15) is 19.4 Å². The third kappa shape index (κ3) is 5.84. The molecule has 2 rings (SSSR count). The molecule has 1 heterocycles. The molecule has 0 radical (unpaired) electrons. The van der Waals surface area contributed by atoms with Gasteiger partial charge in [0.15, 0.2) is 0 Å². The highest BCUT2D eigenvalue weighted by molar-refractivity contribution is 5.98. The number of carbonyl (C=O) groups excluding carboxylic acids is 2. The van der Waals surface area contributed by atoms with E-state index in [0.29, 0.717) is 5.69 Å². The maximum Gasteiger partial charge on any atom is 0.247 e. The van der Waals surface area contributed by atoms with E-state index >= 15 is 0 Å². The predicted molar refractivity (Wildman–Crippen MR) is 95.1 cm³/mol. The lowest BCUT2D eigenvalue weighted by molar-refractivity contribution is -0.132. The van der Waals surface area contributed by atoms with Crippen LogP contribution in [0, 0.1) is 5.82 Å². The molecular formula is C19H20FN3O2. The van der Waals surface area contributed by atoms with Crippen molar-refractivity contribution in [1.29, 1.82) is 0 Å². The average molecular weight is 341 g/mol. The van der Waals surface area contributed by atoms with Crippen molar-refractivity contribution < 1.29 is 14.0 Å². The van der Waals surface area contributed by atoms with Crippen LogP contribution in [0.25, 0.3) is 6.08 Å². The molecule has 0 saturated heterocycles. The van der Waals surface area contributed by atoms with Crippen LogP contribution in [-0.2, 0) is 9.59 Å². The van der Waals surface area contributed by atoms with Gasteiger partial charge in [0, 0.05) is 30.2 Å². The lowest BCUT2D eigenvalue weighted by Crippen LogP contribution is -2.41. The van der Waals surface area contributed by atoms with E-state index in [-0.39, 0.29) is 30.2 Å². The summed E-state index contributed by atoms with van der Waals surface area (Å²) < 4.78 is 12.9. The minimum absolute atomic E-state index is 0.0920. The molecule has 5 nitrogen and oxygen atoms in total. The van der Waals surface area contributed by atoms with Crippen molar-refractivity contribution in [2.75, 3.05) is 11.9 Å². The first-order chi connectivity index (χ1) is 12.0. The first-order valence-corrected chi connectivity index (χ1v) is 7.90. The second-order valence-corrected chi connectivity index (χ2v) is 5.73. The number of hydrogen-bond donors (Lipinski definition) is 1. The monoisotopic (exact) mass is 341 g/mol. The summed E-state index contributed by atoms with van der Waals surface area (Å²) in [4.78, 5) is 30.0. The number of anilines is 1. The lowest BCUT2D eigenvalue weighted by Gasteiger charge is -2.24. The van der Waals surface area contributed by atoms with Gasteiger partial charge in [-0.1, -0.05) is 6.07 Å². The van der Waals surface area contributed by atoms with E-state index in [0.717, 1.165) is 5.56 Å². The molecule has 1 N–H and O–H groups in total. The number of nitrogens with zero attached hydrogens (tertiary/aromatic N) is 2. The van der Waals surface area contributed by atoms with Crippen molar-refractivity contribution in [2.45, 2.75) is 19.9 Å². The van der Waals surface area contributed by atoms with E-state index in [4.69, 9.17) is 0 Å². The molecule has 0 aliphatic heterocycles. The molecule has 0 aliphatic rings. The number of nitrogens with one attached hydrogen (secondary N) is 1. The quantitative estimate of drug-likeness (QED) is 0.821. The molecular weight excluding hydrogens is 321 g/mol. The van der Waals surface area contributed by atoms with Gasteiger partial charge in [0.05, 0.1) is 0 Å². The van der Waals surface area contributed by atoms with E-state index in [1.54, 1.807) is 24.5 Å².